The fraction of sp³-hybridized carbons (Fsp3) is 0.222. The lowest BCUT2D eigenvalue weighted by atomic mass is 10.0. The first-order valence-corrected chi connectivity index (χ1v) is 10.8. The molecule has 0 atom stereocenters. The lowest BCUT2D eigenvalue weighted by Crippen LogP contribution is -2.25. The number of hydrogen-bond acceptors (Lipinski definition) is 5. The fourth-order valence-electron chi connectivity index (χ4n) is 3.16. The minimum Gasteiger partial charge on any atom is -0.483 e. The molecule has 0 aliphatic carbocycles. The van der Waals surface area contributed by atoms with E-state index in [1.165, 1.54) is 6.21 Å². The van der Waals surface area contributed by atoms with Gasteiger partial charge in [0.05, 0.1) is 11.8 Å². The lowest BCUT2D eigenvalue weighted by molar-refractivity contribution is -0.123. The van der Waals surface area contributed by atoms with E-state index in [-0.39, 0.29) is 12.5 Å². The largest absolute Gasteiger partial charge is 0.483 e. The second-order valence-corrected chi connectivity index (χ2v) is 8.11. The summed E-state index contributed by atoms with van der Waals surface area (Å²) in [6, 6.07) is 20.0. The van der Waals surface area contributed by atoms with Gasteiger partial charge in [0.1, 0.15) is 11.5 Å². The first-order valence-electron chi connectivity index (χ1n) is 10.8. The van der Waals surface area contributed by atoms with Crippen molar-refractivity contribution >= 4 is 18.1 Å². The summed E-state index contributed by atoms with van der Waals surface area (Å²) in [7, 11) is 0. The standard InChI is InChI=1S/C27H28N2O4/c1-18(2)24-13-8-20(4)15-25(24)32-17-26(30)29-28-16-21-9-11-23(12-10-21)33-27(31)22-7-5-6-19(3)14-22/h5-16,18H,17H2,1-4H3,(H,29,30)/b28-16+. The van der Waals surface area contributed by atoms with Crippen LogP contribution in [0.25, 0.3) is 0 Å². The Hall–Kier alpha value is -3.93. The van der Waals surface area contributed by atoms with Crippen molar-refractivity contribution in [3.63, 3.8) is 0 Å². The molecule has 33 heavy (non-hydrogen) atoms. The number of benzene rings is 3. The number of carbonyl (C=O) groups is 2. The van der Waals surface area contributed by atoms with Crippen molar-refractivity contribution in [3.05, 3.63) is 94.5 Å². The van der Waals surface area contributed by atoms with Crippen LogP contribution in [0.2, 0.25) is 0 Å². The Labute approximate surface area is 194 Å². The molecule has 0 aliphatic rings. The molecule has 0 saturated carbocycles. The van der Waals surface area contributed by atoms with E-state index in [1.807, 2.05) is 44.2 Å². The number of nitrogens with one attached hydrogen (secondary N) is 1. The van der Waals surface area contributed by atoms with Gasteiger partial charge in [-0.05, 0) is 78.9 Å². The minimum atomic E-state index is -0.415. The molecule has 3 aromatic carbocycles. The average molecular weight is 445 g/mol. The van der Waals surface area contributed by atoms with Crippen LogP contribution >= 0.6 is 0 Å². The maximum atomic E-state index is 12.2. The highest BCUT2D eigenvalue weighted by Gasteiger charge is 2.10. The van der Waals surface area contributed by atoms with E-state index in [0.717, 1.165) is 22.3 Å². The van der Waals surface area contributed by atoms with Gasteiger partial charge in [-0.15, -0.1) is 0 Å². The third kappa shape index (κ3) is 7.04. The SMILES string of the molecule is Cc1cccc(C(=O)Oc2ccc(/C=N/NC(=O)COc3cc(C)ccc3C(C)C)cc2)c1. The second-order valence-electron chi connectivity index (χ2n) is 8.11. The maximum Gasteiger partial charge on any atom is 0.343 e. The molecule has 0 aromatic heterocycles. The van der Waals surface area contributed by atoms with E-state index >= 15 is 0 Å². The van der Waals surface area contributed by atoms with Crippen LogP contribution in [-0.4, -0.2) is 24.7 Å². The topological polar surface area (TPSA) is 77.0 Å². The number of esters is 1. The van der Waals surface area contributed by atoms with E-state index in [9.17, 15) is 9.59 Å². The first-order chi connectivity index (χ1) is 15.8. The fourth-order valence-corrected chi connectivity index (χ4v) is 3.16. The van der Waals surface area contributed by atoms with Crippen LogP contribution in [0, 0.1) is 13.8 Å². The molecule has 0 radical (unpaired) electrons. The molecule has 0 saturated heterocycles. The number of rotatable bonds is 8. The summed E-state index contributed by atoms with van der Waals surface area (Å²) < 4.78 is 11.1. The van der Waals surface area contributed by atoms with E-state index in [4.69, 9.17) is 9.47 Å². The zero-order valence-electron chi connectivity index (χ0n) is 19.3. The molecule has 0 bridgehead atoms. The Morgan fingerprint density at radius 2 is 1.70 bits per heavy atom. The van der Waals surface area contributed by atoms with Gasteiger partial charge in [-0.1, -0.05) is 43.7 Å². The smallest absolute Gasteiger partial charge is 0.343 e. The highest BCUT2D eigenvalue weighted by molar-refractivity contribution is 5.91. The Bertz CT molecular complexity index is 1150. The van der Waals surface area contributed by atoms with E-state index in [2.05, 4.69) is 24.4 Å². The summed E-state index contributed by atoms with van der Waals surface area (Å²) in [5.74, 6) is 0.656. The van der Waals surface area contributed by atoms with Gasteiger partial charge in [0.15, 0.2) is 6.61 Å². The van der Waals surface area contributed by atoms with E-state index in [0.29, 0.717) is 23.0 Å². The molecule has 3 aromatic rings. The van der Waals surface area contributed by atoms with Gasteiger partial charge in [0.2, 0.25) is 0 Å². The molecule has 6 heteroatoms. The Morgan fingerprint density at radius 1 is 0.970 bits per heavy atom. The number of aryl methyl sites for hydroxylation is 2. The third-order valence-corrected chi connectivity index (χ3v) is 4.90. The highest BCUT2D eigenvalue weighted by Crippen LogP contribution is 2.27. The molecule has 3 rings (SSSR count). The molecular weight excluding hydrogens is 416 g/mol. The van der Waals surface area contributed by atoms with Crippen molar-refractivity contribution in [2.75, 3.05) is 6.61 Å². The summed E-state index contributed by atoms with van der Waals surface area (Å²) in [5, 5.41) is 3.96. The number of hydrazone groups is 1. The maximum absolute atomic E-state index is 12.2. The number of amides is 1. The Kier molecular flexibility index (Phi) is 7.97. The first kappa shape index (κ1) is 23.7. The van der Waals surface area contributed by atoms with Gasteiger partial charge in [-0.2, -0.15) is 5.10 Å². The zero-order chi connectivity index (χ0) is 23.8. The number of nitrogens with zero attached hydrogens (tertiary/aromatic N) is 1. The van der Waals surface area contributed by atoms with Crippen molar-refractivity contribution in [1.82, 2.24) is 5.43 Å². The normalized spacial score (nSPS) is 10.9. The monoisotopic (exact) mass is 444 g/mol. The van der Waals surface area contributed by atoms with Crippen LogP contribution in [0.1, 0.15) is 52.4 Å². The van der Waals surface area contributed by atoms with E-state index < -0.39 is 5.97 Å². The molecule has 0 spiro atoms. The van der Waals surface area contributed by atoms with E-state index in [1.54, 1.807) is 36.4 Å². The second kappa shape index (κ2) is 11.1. The molecule has 6 nitrogen and oxygen atoms in total. The summed E-state index contributed by atoms with van der Waals surface area (Å²) in [6.07, 6.45) is 1.51. The molecular formula is C27H28N2O4. The van der Waals surface area contributed by atoms with Crippen LogP contribution in [0.15, 0.2) is 71.8 Å². The van der Waals surface area contributed by atoms with Crippen LogP contribution in [0.3, 0.4) is 0 Å². The summed E-state index contributed by atoms with van der Waals surface area (Å²) in [4.78, 5) is 24.3. The third-order valence-electron chi connectivity index (χ3n) is 4.90. The van der Waals surface area contributed by atoms with Crippen molar-refractivity contribution in [2.45, 2.75) is 33.6 Å². The van der Waals surface area contributed by atoms with Crippen LogP contribution in [0.4, 0.5) is 0 Å². The van der Waals surface area contributed by atoms with Crippen molar-refractivity contribution in [2.24, 2.45) is 5.10 Å². The zero-order valence-corrected chi connectivity index (χ0v) is 19.3. The van der Waals surface area contributed by atoms with Crippen LogP contribution in [-0.2, 0) is 4.79 Å². The van der Waals surface area contributed by atoms with Crippen molar-refractivity contribution < 1.29 is 19.1 Å². The quantitative estimate of drug-likeness (QED) is 0.225. The number of hydrogen-bond donors (Lipinski definition) is 1. The average Bonchev–Trinajstić information content (AvgIpc) is 2.78. The predicted octanol–water partition coefficient (Wildman–Crippen LogP) is 5.18. The molecule has 1 N–H and O–H groups in total. The van der Waals surface area contributed by atoms with Gasteiger partial charge in [0.25, 0.3) is 5.91 Å². The Balaban J connectivity index is 1.50. The van der Waals surface area contributed by atoms with Crippen LogP contribution < -0.4 is 14.9 Å². The lowest BCUT2D eigenvalue weighted by Gasteiger charge is -2.14. The number of ether oxygens (including phenoxy) is 2. The predicted molar refractivity (Wildman–Crippen MR) is 129 cm³/mol. The summed E-state index contributed by atoms with van der Waals surface area (Å²) >= 11 is 0. The minimum absolute atomic E-state index is 0.131. The van der Waals surface area contributed by atoms with Crippen LogP contribution in [0.5, 0.6) is 11.5 Å². The molecule has 0 unspecified atom stereocenters. The van der Waals surface area contributed by atoms with Gasteiger partial charge < -0.3 is 9.47 Å². The molecule has 0 heterocycles. The van der Waals surface area contributed by atoms with Gasteiger partial charge in [-0.25, -0.2) is 10.2 Å². The van der Waals surface area contributed by atoms with Gasteiger partial charge in [-0.3, -0.25) is 4.79 Å². The molecule has 170 valence electrons. The van der Waals surface area contributed by atoms with Gasteiger partial charge in [0, 0.05) is 0 Å². The van der Waals surface area contributed by atoms with Crippen molar-refractivity contribution in [3.8, 4) is 11.5 Å². The van der Waals surface area contributed by atoms with Crippen molar-refractivity contribution in [1.29, 1.82) is 0 Å². The Morgan fingerprint density at radius 3 is 2.39 bits per heavy atom. The number of carbonyl (C=O) groups excluding carboxylic acids is 2. The summed E-state index contributed by atoms with van der Waals surface area (Å²) in [5.41, 5.74) is 6.81. The van der Waals surface area contributed by atoms with Gasteiger partial charge >= 0.3 is 5.97 Å². The molecule has 0 fully saturated rings. The summed E-state index contributed by atoms with van der Waals surface area (Å²) in [6.45, 7) is 7.93. The molecule has 0 aliphatic heterocycles. The highest BCUT2D eigenvalue weighted by atomic mass is 16.5. The molecule has 1 amide bonds.